The summed E-state index contributed by atoms with van der Waals surface area (Å²) in [5, 5.41) is 16.4. The van der Waals surface area contributed by atoms with E-state index in [1.165, 1.54) is 0 Å². The summed E-state index contributed by atoms with van der Waals surface area (Å²) < 4.78 is 7.36. The number of nitrogens with two attached hydrogens (primary N) is 1. The summed E-state index contributed by atoms with van der Waals surface area (Å²) in [4.78, 5) is 2.10. The molecular weight excluding hydrogens is 246 g/mol. The number of hydrogen-bond acceptors (Lipinski definition) is 5. The van der Waals surface area contributed by atoms with E-state index in [0.29, 0.717) is 5.56 Å². The van der Waals surface area contributed by atoms with Gasteiger partial charge in [-0.1, -0.05) is 5.16 Å². The van der Waals surface area contributed by atoms with Gasteiger partial charge in [-0.05, 0) is 20.3 Å². The number of nitrogens with zero attached hydrogens (tertiary/aromatic N) is 4. The van der Waals surface area contributed by atoms with Crippen LogP contribution in [0.5, 0.6) is 0 Å². The number of amidine groups is 1. The molecule has 0 bridgehead atoms. The molecule has 1 saturated heterocycles. The van der Waals surface area contributed by atoms with E-state index in [1.54, 1.807) is 4.68 Å². The second-order valence-corrected chi connectivity index (χ2v) is 4.94. The van der Waals surface area contributed by atoms with Crippen LogP contribution in [0.4, 0.5) is 5.82 Å². The lowest BCUT2D eigenvalue weighted by Gasteiger charge is -2.29. The van der Waals surface area contributed by atoms with Gasteiger partial charge in [0.1, 0.15) is 5.82 Å². The summed E-state index contributed by atoms with van der Waals surface area (Å²) in [5.41, 5.74) is 7.18. The van der Waals surface area contributed by atoms with Crippen molar-refractivity contribution in [1.29, 1.82) is 0 Å². The molecule has 2 heterocycles. The van der Waals surface area contributed by atoms with Crippen LogP contribution < -0.4 is 10.6 Å². The third kappa shape index (κ3) is 2.25. The maximum Gasteiger partial charge on any atom is 0.175 e. The second-order valence-electron chi connectivity index (χ2n) is 4.94. The topological polar surface area (TPSA) is 88.9 Å². The van der Waals surface area contributed by atoms with Gasteiger partial charge in [0, 0.05) is 20.7 Å². The molecule has 7 nitrogen and oxygen atoms in total. The number of hydrogen-bond donors (Lipinski definition) is 2. The highest BCUT2D eigenvalue weighted by atomic mass is 16.5. The molecule has 1 aliphatic heterocycles. The smallest absolute Gasteiger partial charge is 0.175 e. The Balaban J connectivity index is 2.44. The fourth-order valence-electron chi connectivity index (χ4n) is 2.79. The van der Waals surface area contributed by atoms with Gasteiger partial charge in [-0.15, -0.1) is 0 Å². The number of likely N-dealkylation sites (N-methyl/N-ethyl adjacent to an activating group) is 1. The Kier molecular flexibility index (Phi) is 3.66. The van der Waals surface area contributed by atoms with E-state index in [1.807, 2.05) is 21.0 Å². The molecule has 19 heavy (non-hydrogen) atoms. The average molecular weight is 267 g/mol. The van der Waals surface area contributed by atoms with E-state index >= 15 is 0 Å². The molecule has 106 valence electrons. The molecular formula is C12H21N5O2. The van der Waals surface area contributed by atoms with Crippen LogP contribution in [0.25, 0.3) is 0 Å². The van der Waals surface area contributed by atoms with Gasteiger partial charge in [0.05, 0.1) is 23.4 Å². The van der Waals surface area contributed by atoms with Crippen LogP contribution in [0.1, 0.15) is 24.6 Å². The Labute approximate surface area is 112 Å². The molecule has 2 unspecified atom stereocenters. The molecule has 1 aromatic rings. The van der Waals surface area contributed by atoms with Gasteiger partial charge in [-0.2, -0.15) is 5.10 Å². The molecule has 0 aliphatic carbocycles. The summed E-state index contributed by atoms with van der Waals surface area (Å²) in [6.07, 6.45) is 1.11. The highest BCUT2D eigenvalue weighted by molar-refractivity contribution is 6.02. The monoisotopic (exact) mass is 267 g/mol. The second kappa shape index (κ2) is 5.08. The number of oxime groups is 1. The summed E-state index contributed by atoms with van der Waals surface area (Å²) in [6, 6.07) is 0.264. The minimum atomic E-state index is 0.0824. The standard InChI is InChI=1S/C12H21N5O2/c1-7-10(11(13)15-18)12(17(4)14-7)16(3)9-5-6-19-8(9)2/h8-9,18H,5-6H2,1-4H3,(H2,13,15). The van der Waals surface area contributed by atoms with Gasteiger partial charge >= 0.3 is 0 Å². The summed E-state index contributed by atoms with van der Waals surface area (Å²) in [7, 11) is 3.84. The maximum absolute atomic E-state index is 8.93. The van der Waals surface area contributed by atoms with Crippen LogP contribution in [-0.2, 0) is 11.8 Å². The lowest BCUT2D eigenvalue weighted by molar-refractivity contribution is 0.118. The van der Waals surface area contributed by atoms with Crippen molar-refractivity contribution >= 4 is 11.7 Å². The van der Waals surface area contributed by atoms with E-state index in [-0.39, 0.29) is 18.0 Å². The zero-order valence-electron chi connectivity index (χ0n) is 11.8. The molecule has 7 heteroatoms. The van der Waals surface area contributed by atoms with Gasteiger partial charge in [-0.25, -0.2) is 0 Å². The molecule has 0 radical (unpaired) electrons. The number of aryl methyl sites for hydroxylation is 2. The fourth-order valence-corrected chi connectivity index (χ4v) is 2.79. The molecule has 0 saturated carbocycles. The van der Waals surface area contributed by atoms with Crippen LogP contribution in [0.3, 0.4) is 0 Å². The quantitative estimate of drug-likeness (QED) is 0.359. The third-order valence-corrected chi connectivity index (χ3v) is 3.72. The number of anilines is 1. The first-order valence-electron chi connectivity index (χ1n) is 6.33. The van der Waals surface area contributed by atoms with Crippen molar-refractivity contribution in [2.75, 3.05) is 18.6 Å². The molecule has 1 aromatic heterocycles. The van der Waals surface area contributed by atoms with Gasteiger partial charge in [0.15, 0.2) is 5.84 Å². The first-order chi connectivity index (χ1) is 8.97. The normalized spacial score (nSPS) is 23.9. The minimum Gasteiger partial charge on any atom is -0.409 e. The molecule has 0 spiro atoms. The van der Waals surface area contributed by atoms with Crippen molar-refractivity contribution in [3.05, 3.63) is 11.3 Å². The highest BCUT2D eigenvalue weighted by Crippen LogP contribution is 2.28. The summed E-state index contributed by atoms with van der Waals surface area (Å²) in [5.74, 6) is 0.925. The molecule has 3 N–H and O–H groups in total. The first kappa shape index (κ1) is 13.7. The molecule has 1 aliphatic rings. The fraction of sp³-hybridized carbons (Fsp3) is 0.667. The Bertz CT molecular complexity index is 497. The van der Waals surface area contributed by atoms with E-state index in [2.05, 4.69) is 22.1 Å². The molecule has 2 atom stereocenters. The Morgan fingerprint density at radius 3 is 2.84 bits per heavy atom. The van der Waals surface area contributed by atoms with Gasteiger partial charge in [-0.3, -0.25) is 4.68 Å². The maximum atomic E-state index is 8.93. The van der Waals surface area contributed by atoms with Crippen molar-refractivity contribution in [3.63, 3.8) is 0 Å². The largest absolute Gasteiger partial charge is 0.409 e. The van der Waals surface area contributed by atoms with Crippen molar-refractivity contribution in [3.8, 4) is 0 Å². The lowest BCUT2D eigenvalue weighted by Crippen LogP contribution is -2.39. The van der Waals surface area contributed by atoms with E-state index in [9.17, 15) is 0 Å². The first-order valence-corrected chi connectivity index (χ1v) is 6.33. The molecule has 2 rings (SSSR count). The lowest BCUT2D eigenvalue weighted by atomic mass is 10.1. The van der Waals surface area contributed by atoms with Crippen LogP contribution >= 0.6 is 0 Å². The molecule has 0 amide bonds. The van der Waals surface area contributed by atoms with Gasteiger partial charge < -0.3 is 20.6 Å². The van der Waals surface area contributed by atoms with Crippen LogP contribution in [-0.4, -0.2) is 46.6 Å². The van der Waals surface area contributed by atoms with Crippen molar-refractivity contribution in [2.24, 2.45) is 17.9 Å². The van der Waals surface area contributed by atoms with E-state index < -0.39 is 0 Å². The zero-order chi connectivity index (χ0) is 14.2. The predicted molar refractivity (Wildman–Crippen MR) is 72.7 cm³/mol. The van der Waals surface area contributed by atoms with Crippen LogP contribution in [0.15, 0.2) is 5.16 Å². The minimum absolute atomic E-state index is 0.0824. The average Bonchev–Trinajstić information content (AvgIpc) is 2.91. The summed E-state index contributed by atoms with van der Waals surface area (Å²) >= 11 is 0. The molecule has 0 aromatic carbocycles. The van der Waals surface area contributed by atoms with Crippen molar-refractivity contribution in [1.82, 2.24) is 9.78 Å². The highest BCUT2D eigenvalue weighted by Gasteiger charge is 2.32. The Morgan fingerprint density at radius 1 is 1.63 bits per heavy atom. The third-order valence-electron chi connectivity index (χ3n) is 3.72. The van der Waals surface area contributed by atoms with Crippen molar-refractivity contribution in [2.45, 2.75) is 32.4 Å². The van der Waals surface area contributed by atoms with Crippen LogP contribution in [0, 0.1) is 6.92 Å². The zero-order valence-corrected chi connectivity index (χ0v) is 11.8. The van der Waals surface area contributed by atoms with Gasteiger partial charge in [0.2, 0.25) is 0 Å². The number of ether oxygens (including phenoxy) is 1. The Hall–Kier alpha value is -1.76. The predicted octanol–water partition coefficient (Wildman–Crippen LogP) is 0.437. The van der Waals surface area contributed by atoms with E-state index in [0.717, 1.165) is 24.5 Å². The molecule has 1 fully saturated rings. The SMILES string of the molecule is Cc1nn(C)c(N(C)C2CCOC2C)c1C(N)=NO. The van der Waals surface area contributed by atoms with Crippen molar-refractivity contribution < 1.29 is 9.94 Å². The summed E-state index contributed by atoms with van der Waals surface area (Å²) in [6.45, 7) is 4.66. The Morgan fingerprint density at radius 2 is 2.32 bits per heavy atom. The number of aromatic nitrogens is 2. The van der Waals surface area contributed by atoms with Crippen LogP contribution in [0.2, 0.25) is 0 Å². The van der Waals surface area contributed by atoms with E-state index in [4.69, 9.17) is 15.7 Å². The number of rotatable bonds is 3. The van der Waals surface area contributed by atoms with Gasteiger partial charge in [0.25, 0.3) is 0 Å².